The first-order valence-corrected chi connectivity index (χ1v) is 6.42. The van der Waals surface area contributed by atoms with E-state index in [9.17, 15) is 0 Å². The van der Waals surface area contributed by atoms with Crippen molar-refractivity contribution in [2.24, 2.45) is 0 Å². The minimum Gasteiger partial charge on any atom is -0.361 e. The van der Waals surface area contributed by atoms with Gasteiger partial charge in [0.2, 0.25) is 0 Å². The van der Waals surface area contributed by atoms with Crippen LogP contribution in [0.1, 0.15) is 49.1 Å². The summed E-state index contributed by atoms with van der Waals surface area (Å²) in [5, 5.41) is 1.45. The quantitative estimate of drug-likeness (QED) is 0.716. The summed E-state index contributed by atoms with van der Waals surface area (Å²) in [7, 11) is 0. The molecule has 1 aromatic heterocycles. The molecule has 0 aliphatic heterocycles. The maximum atomic E-state index is 3.41. The molecule has 1 nitrogen and oxygen atoms in total. The van der Waals surface area contributed by atoms with Crippen LogP contribution in [0, 0.1) is 6.92 Å². The molecule has 0 saturated heterocycles. The van der Waals surface area contributed by atoms with E-state index in [1.165, 1.54) is 48.6 Å². The first-order chi connectivity index (χ1) is 7.84. The molecule has 0 atom stereocenters. The number of aryl methyl sites for hydroxylation is 1. The summed E-state index contributed by atoms with van der Waals surface area (Å²) >= 11 is 0. The van der Waals surface area contributed by atoms with Crippen LogP contribution in [0.4, 0.5) is 0 Å². The summed E-state index contributed by atoms with van der Waals surface area (Å²) in [5.41, 5.74) is 4.22. The molecular weight excluding hydrogens is 194 g/mol. The van der Waals surface area contributed by atoms with Crippen LogP contribution in [0.3, 0.4) is 0 Å². The zero-order valence-electron chi connectivity index (χ0n) is 9.92. The van der Waals surface area contributed by atoms with E-state index in [2.05, 4.69) is 36.3 Å². The van der Waals surface area contributed by atoms with Gasteiger partial charge in [0.25, 0.3) is 0 Å². The van der Waals surface area contributed by atoms with Crippen molar-refractivity contribution < 1.29 is 0 Å². The van der Waals surface area contributed by atoms with Gasteiger partial charge in [0.1, 0.15) is 0 Å². The average Bonchev–Trinajstić information content (AvgIpc) is 2.73. The smallest absolute Gasteiger partial charge is 0.0457 e. The third kappa shape index (κ3) is 1.64. The molecule has 1 N–H and O–H groups in total. The maximum Gasteiger partial charge on any atom is 0.0457 e. The van der Waals surface area contributed by atoms with Crippen LogP contribution >= 0.6 is 0 Å². The van der Waals surface area contributed by atoms with Gasteiger partial charge in [-0.2, -0.15) is 0 Å². The molecule has 0 radical (unpaired) electrons. The molecule has 0 amide bonds. The largest absolute Gasteiger partial charge is 0.361 e. The van der Waals surface area contributed by atoms with Crippen LogP contribution in [-0.4, -0.2) is 4.98 Å². The van der Waals surface area contributed by atoms with E-state index in [-0.39, 0.29) is 0 Å². The highest BCUT2D eigenvalue weighted by Crippen LogP contribution is 2.36. The molecule has 16 heavy (non-hydrogen) atoms. The van der Waals surface area contributed by atoms with E-state index in [1.807, 2.05) is 0 Å². The highest BCUT2D eigenvalue weighted by Gasteiger charge is 2.18. The summed E-state index contributed by atoms with van der Waals surface area (Å²) in [5.74, 6) is 0.796. The first-order valence-electron chi connectivity index (χ1n) is 6.42. The number of fused-ring (bicyclic) bond motifs is 1. The zero-order valence-corrected chi connectivity index (χ0v) is 9.92. The van der Waals surface area contributed by atoms with Gasteiger partial charge in [-0.15, -0.1) is 0 Å². The predicted octanol–water partition coefficient (Wildman–Crippen LogP) is 4.52. The number of nitrogens with one attached hydrogen (secondary N) is 1. The van der Waals surface area contributed by atoms with Crippen molar-refractivity contribution in [3.05, 3.63) is 35.5 Å². The molecule has 1 saturated carbocycles. The molecule has 0 unspecified atom stereocenters. The van der Waals surface area contributed by atoms with E-state index < -0.39 is 0 Å². The maximum absolute atomic E-state index is 3.41. The van der Waals surface area contributed by atoms with Crippen molar-refractivity contribution in [3.63, 3.8) is 0 Å². The Bertz CT molecular complexity index is 489. The number of benzene rings is 1. The number of H-pyrrole nitrogens is 1. The fourth-order valence-electron chi connectivity index (χ4n) is 3.01. The van der Waals surface area contributed by atoms with Crippen molar-refractivity contribution in [1.29, 1.82) is 0 Å². The minimum atomic E-state index is 0.796. The molecule has 1 aliphatic carbocycles. The second kappa shape index (κ2) is 3.97. The van der Waals surface area contributed by atoms with Gasteiger partial charge in [-0.25, -0.2) is 0 Å². The Morgan fingerprint density at radius 3 is 2.75 bits per heavy atom. The SMILES string of the molecule is Cc1ccc2[nH]cc(C3CCCCC3)c2c1. The van der Waals surface area contributed by atoms with Gasteiger partial charge in [-0.05, 0) is 43.4 Å². The molecule has 1 aromatic carbocycles. The molecule has 0 bridgehead atoms. The lowest BCUT2D eigenvalue weighted by Gasteiger charge is -2.21. The van der Waals surface area contributed by atoms with Crippen LogP contribution in [0.5, 0.6) is 0 Å². The lowest BCUT2D eigenvalue weighted by atomic mass is 9.84. The molecule has 3 rings (SSSR count). The summed E-state index contributed by atoms with van der Waals surface area (Å²) in [6.07, 6.45) is 9.23. The topological polar surface area (TPSA) is 15.8 Å². The lowest BCUT2D eigenvalue weighted by Crippen LogP contribution is -2.03. The normalized spacial score (nSPS) is 18.1. The van der Waals surface area contributed by atoms with Crippen LogP contribution in [0.15, 0.2) is 24.4 Å². The van der Waals surface area contributed by atoms with Gasteiger partial charge in [-0.1, -0.05) is 30.9 Å². The van der Waals surface area contributed by atoms with Crippen LogP contribution in [0.2, 0.25) is 0 Å². The summed E-state index contributed by atoms with van der Waals surface area (Å²) in [6.45, 7) is 2.18. The number of hydrogen-bond acceptors (Lipinski definition) is 0. The summed E-state index contributed by atoms with van der Waals surface area (Å²) in [4.78, 5) is 3.41. The Labute approximate surface area is 96.9 Å². The number of aromatic nitrogens is 1. The van der Waals surface area contributed by atoms with Gasteiger partial charge < -0.3 is 4.98 Å². The fraction of sp³-hybridized carbons (Fsp3) is 0.467. The average molecular weight is 213 g/mol. The second-order valence-corrected chi connectivity index (χ2v) is 5.13. The molecule has 0 spiro atoms. The zero-order chi connectivity index (χ0) is 11.0. The highest BCUT2D eigenvalue weighted by molar-refractivity contribution is 5.84. The Balaban J connectivity index is 2.05. The molecular formula is C15H19N. The Morgan fingerprint density at radius 2 is 1.94 bits per heavy atom. The van der Waals surface area contributed by atoms with Crippen molar-refractivity contribution in [2.75, 3.05) is 0 Å². The number of aromatic amines is 1. The van der Waals surface area contributed by atoms with E-state index >= 15 is 0 Å². The highest BCUT2D eigenvalue weighted by atomic mass is 14.7. The number of hydrogen-bond donors (Lipinski definition) is 1. The first kappa shape index (κ1) is 9.95. The van der Waals surface area contributed by atoms with Crippen LogP contribution < -0.4 is 0 Å². The van der Waals surface area contributed by atoms with Gasteiger partial charge in [0.05, 0.1) is 0 Å². The van der Waals surface area contributed by atoms with Gasteiger partial charge in [0.15, 0.2) is 0 Å². The van der Waals surface area contributed by atoms with Crippen LogP contribution in [0.25, 0.3) is 10.9 Å². The van der Waals surface area contributed by atoms with Gasteiger partial charge in [-0.3, -0.25) is 0 Å². The molecule has 1 heterocycles. The van der Waals surface area contributed by atoms with Crippen molar-refractivity contribution in [2.45, 2.75) is 44.9 Å². The third-order valence-electron chi connectivity index (χ3n) is 3.91. The monoisotopic (exact) mass is 213 g/mol. The third-order valence-corrected chi connectivity index (χ3v) is 3.91. The fourth-order valence-corrected chi connectivity index (χ4v) is 3.01. The molecule has 1 fully saturated rings. The Hall–Kier alpha value is -1.24. The molecule has 1 heteroatoms. The van der Waals surface area contributed by atoms with Gasteiger partial charge >= 0.3 is 0 Å². The summed E-state index contributed by atoms with van der Waals surface area (Å²) < 4.78 is 0. The minimum absolute atomic E-state index is 0.796. The van der Waals surface area contributed by atoms with Crippen LogP contribution in [-0.2, 0) is 0 Å². The molecule has 84 valence electrons. The van der Waals surface area contributed by atoms with E-state index in [1.54, 1.807) is 5.56 Å². The number of rotatable bonds is 1. The predicted molar refractivity (Wildman–Crippen MR) is 68.9 cm³/mol. The second-order valence-electron chi connectivity index (χ2n) is 5.13. The van der Waals surface area contributed by atoms with Crippen molar-refractivity contribution in [3.8, 4) is 0 Å². The van der Waals surface area contributed by atoms with E-state index in [4.69, 9.17) is 0 Å². The standard InChI is InChI=1S/C15H19N/c1-11-7-8-15-13(9-11)14(10-16-15)12-5-3-2-4-6-12/h7-10,12,16H,2-6H2,1H3. The van der Waals surface area contributed by atoms with E-state index in [0.717, 1.165) is 5.92 Å². The Morgan fingerprint density at radius 1 is 1.12 bits per heavy atom. The van der Waals surface area contributed by atoms with Gasteiger partial charge in [0, 0.05) is 17.1 Å². The molecule has 2 aromatic rings. The van der Waals surface area contributed by atoms with E-state index in [0.29, 0.717) is 0 Å². The van der Waals surface area contributed by atoms with Crippen molar-refractivity contribution in [1.82, 2.24) is 4.98 Å². The summed E-state index contributed by atoms with van der Waals surface area (Å²) in [6, 6.07) is 6.72. The lowest BCUT2D eigenvalue weighted by molar-refractivity contribution is 0.445. The Kier molecular flexibility index (Phi) is 2.47. The molecule has 1 aliphatic rings. The van der Waals surface area contributed by atoms with Crippen molar-refractivity contribution >= 4 is 10.9 Å².